The molecular formula is C16H20N2O3. The van der Waals surface area contributed by atoms with Gasteiger partial charge in [-0.15, -0.1) is 0 Å². The molecule has 2 rings (SSSR count). The molecule has 1 unspecified atom stereocenters. The van der Waals surface area contributed by atoms with Crippen LogP contribution in [0.25, 0.3) is 6.08 Å². The van der Waals surface area contributed by atoms with Gasteiger partial charge in [-0.25, -0.2) is 4.79 Å². The number of aryl methyl sites for hydroxylation is 1. The first-order valence-corrected chi connectivity index (χ1v) is 7.06. The van der Waals surface area contributed by atoms with Crippen molar-refractivity contribution < 1.29 is 14.7 Å². The number of benzene rings is 1. The summed E-state index contributed by atoms with van der Waals surface area (Å²) in [6.07, 6.45) is 5.52. The number of carboxylic acids is 1. The van der Waals surface area contributed by atoms with Crippen LogP contribution in [0, 0.1) is 6.92 Å². The lowest BCUT2D eigenvalue weighted by molar-refractivity contribution is -0.131. The second-order valence-corrected chi connectivity index (χ2v) is 5.32. The fourth-order valence-corrected chi connectivity index (χ4v) is 2.79. The normalized spacial score (nSPS) is 18.9. The van der Waals surface area contributed by atoms with Crippen LogP contribution in [-0.4, -0.2) is 29.6 Å². The number of aliphatic carboxylic acids is 1. The van der Waals surface area contributed by atoms with Crippen molar-refractivity contribution in [3.8, 4) is 0 Å². The molecule has 5 nitrogen and oxygen atoms in total. The van der Waals surface area contributed by atoms with E-state index >= 15 is 0 Å². The molecule has 1 aromatic rings. The molecule has 21 heavy (non-hydrogen) atoms. The van der Waals surface area contributed by atoms with Crippen LogP contribution in [0.2, 0.25) is 0 Å². The standard InChI is InChI=1S/C16H20N2O3/c1-11-10-12(6-8-15(19)20)5-7-13(11)18-9-3-2-4-14(18)16(17)21/h5-8,10,14H,2-4,9H2,1H3,(H2,17,21)(H,19,20). The van der Waals surface area contributed by atoms with Crippen molar-refractivity contribution in [2.75, 3.05) is 11.4 Å². The number of nitrogens with two attached hydrogens (primary N) is 1. The van der Waals surface area contributed by atoms with Gasteiger partial charge in [-0.05, 0) is 55.5 Å². The number of anilines is 1. The van der Waals surface area contributed by atoms with E-state index in [0.717, 1.165) is 48.7 Å². The number of nitrogens with zero attached hydrogens (tertiary/aromatic N) is 1. The van der Waals surface area contributed by atoms with E-state index in [0.29, 0.717) is 0 Å². The van der Waals surface area contributed by atoms with Crippen molar-refractivity contribution in [1.29, 1.82) is 0 Å². The van der Waals surface area contributed by atoms with E-state index in [4.69, 9.17) is 10.8 Å². The van der Waals surface area contributed by atoms with E-state index in [2.05, 4.69) is 4.90 Å². The zero-order chi connectivity index (χ0) is 15.4. The molecule has 1 amide bonds. The van der Waals surface area contributed by atoms with E-state index in [1.807, 2.05) is 25.1 Å². The van der Waals surface area contributed by atoms with Gasteiger partial charge in [0.15, 0.2) is 0 Å². The van der Waals surface area contributed by atoms with Crippen molar-refractivity contribution in [3.63, 3.8) is 0 Å². The number of hydrogen-bond acceptors (Lipinski definition) is 3. The van der Waals surface area contributed by atoms with Crippen LogP contribution in [0.3, 0.4) is 0 Å². The van der Waals surface area contributed by atoms with Crippen molar-refractivity contribution >= 4 is 23.6 Å². The van der Waals surface area contributed by atoms with Gasteiger partial charge in [-0.1, -0.05) is 6.07 Å². The molecule has 1 aliphatic rings. The summed E-state index contributed by atoms with van der Waals surface area (Å²) in [5.41, 5.74) is 8.33. The van der Waals surface area contributed by atoms with Crippen LogP contribution in [0.4, 0.5) is 5.69 Å². The van der Waals surface area contributed by atoms with Gasteiger partial charge >= 0.3 is 5.97 Å². The maximum Gasteiger partial charge on any atom is 0.328 e. The van der Waals surface area contributed by atoms with Gasteiger partial charge in [0.2, 0.25) is 5.91 Å². The lowest BCUT2D eigenvalue weighted by Crippen LogP contribution is -2.48. The van der Waals surface area contributed by atoms with Gasteiger partial charge in [0.25, 0.3) is 0 Å². The Kier molecular flexibility index (Phi) is 4.62. The van der Waals surface area contributed by atoms with Gasteiger partial charge in [-0.3, -0.25) is 4.79 Å². The number of rotatable bonds is 4. The number of carbonyl (C=O) groups excluding carboxylic acids is 1. The number of hydrogen-bond donors (Lipinski definition) is 2. The fourth-order valence-electron chi connectivity index (χ4n) is 2.79. The summed E-state index contributed by atoms with van der Waals surface area (Å²) in [6, 6.07) is 5.45. The lowest BCUT2D eigenvalue weighted by Gasteiger charge is -2.36. The van der Waals surface area contributed by atoms with Crippen molar-refractivity contribution in [1.82, 2.24) is 0 Å². The molecule has 1 aromatic carbocycles. The minimum Gasteiger partial charge on any atom is -0.478 e. The van der Waals surface area contributed by atoms with Gasteiger partial charge in [-0.2, -0.15) is 0 Å². The molecule has 1 saturated heterocycles. The molecule has 0 bridgehead atoms. The SMILES string of the molecule is Cc1cc(C=CC(=O)O)ccc1N1CCCCC1C(N)=O. The largest absolute Gasteiger partial charge is 0.478 e. The molecule has 1 aliphatic heterocycles. The van der Waals surface area contributed by atoms with Crippen LogP contribution >= 0.6 is 0 Å². The van der Waals surface area contributed by atoms with Crippen LogP contribution in [0.5, 0.6) is 0 Å². The number of primary amides is 1. The predicted octanol–water partition coefficient (Wildman–Crippen LogP) is 1.94. The quantitative estimate of drug-likeness (QED) is 0.829. The first-order valence-electron chi connectivity index (χ1n) is 7.06. The van der Waals surface area contributed by atoms with E-state index in [9.17, 15) is 9.59 Å². The minimum absolute atomic E-state index is 0.252. The average Bonchev–Trinajstić information content (AvgIpc) is 2.45. The van der Waals surface area contributed by atoms with Gasteiger partial charge in [0, 0.05) is 18.3 Å². The number of carboxylic acid groups (broad SMARTS) is 1. The van der Waals surface area contributed by atoms with E-state index < -0.39 is 5.97 Å². The maximum absolute atomic E-state index is 11.6. The van der Waals surface area contributed by atoms with Crippen molar-refractivity contribution in [2.45, 2.75) is 32.2 Å². The lowest BCUT2D eigenvalue weighted by atomic mass is 9.98. The fraction of sp³-hybridized carbons (Fsp3) is 0.375. The number of piperidine rings is 1. The first kappa shape index (κ1) is 15.1. The molecule has 1 atom stereocenters. The highest BCUT2D eigenvalue weighted by Crippen LogP contribution is 2.28. The average molecular weight is 288 g/mol. The summed E-state index contributed by atoms with van der Waals surface area (Å²) in [5, 5.41) is 8.65. The van der Waals surface area contributed by atoms with Crippen LogP contribution in [0.15, 0.2) is 24.3 Å². The predicted molar refractivity (Wildman–Crippen MR) is 82.0 cm³/mol. The molecule has 112 valence electrons. The third kappa shape index (κ3) is 3.62. The number of carbonyl (C=O) groups is 2. The van der Waals surface area contributed by atoms with Gasteiger partial charge in [0.05, 0.1) is 0 Å². The molecule has 1 fully saturated rings. The third-order valence-electron chi connectivity index (χ3n) is 3.78. The molecule has 5 heteroatoms. The summed E-state index contributed by atoms with van der Waals surface area (Å²) in [7, 11) is 0. The van der Waals surface area contributed by atoms with Crippen molar-refractivity contribution in [3.05, 3.63) is 35.4 Å². The Bertz CT molecular complexity index is 581. The van der Waals surface area contributed by atoms with Crippen molar-refractivity contribution in [2.24, 2.45) is 5.73 Å². The Labute approximate surface area is 124 Å². The Morgan fingerprint density at radius 3 is 2.76 bits per heavy atom. The second kappa shape index (κ2) is 6.43. The second-order valence-electron chi connectivity index (χ2n) is 5.32. The zero-order valence-electron chi connectivity index (χ0n) is 12.1. The topological polar surface area (TPSA) is 83.6 Å². The van der Waals surface area contributed by atoms with Crippen LogP contribution < -0.4 is 10.6 Å². The van der Waals surface area contributed by atoms with Gasteiger partial charge in [0.1, 0.15) is 6.04 Å². The van der Waals surface area contributed by atoms with E-state index in [-0.39, 0.29) is 11.9 Å². The molecule has 0 aromatic heterocycles. The summed E-state index contributed by atoms with van der Waals surface area (Å²) < 4.78 is 0. The maximum atomic E-state index is 11.6. The summed E-state index contributed by atoms with van der Waals surface area (Å²) >= 11 is 0. The van der Waals surface area contributed by atoms with Gasteiger partial charge < -0.3 is 15.7 Å². The molecule has 0 radical (unpaired) electrons. The summed E-state index contributed by atoms with van der Waals surface area (Å²) in [4.78, 5) is 24.2. The highest BCUT2D eigenvalue weighted by Gasteiger charge is 2.27. The Hall–Kier alpha value is -2.30. The van der Waals surface area contributed by atoms with E-state index in [1.54, 1.807) is 6.08 Å². The smallest absolute Gasteiger partial charge is 0.328 e. The Balaban J connectivity index is 2.27. The minimum atomic E-state index is -0.971. The zero-order valence-corrected chi connectivity index (χ0v) is 12.1. The van der Waals surface area contributed by atoms with Crippen LogP contribution in [0.1, 0.15) is 30.4 Å². The highest BCUT2D eigenvalue weighted by molar-refractivity contribution is 5.86. The molecular weight excluding hydrogens is 268 g/mol. The molecule has 1 heterocycles. The van der Waals surface area contributed by atoms with E-state index in [1.165, 1.54) is 0 Å². The molecule has 0 spiro atoms. The Morgan fingerprint density at radius 2 is 2.14 bits per heavy atom. The monoisotopic (exact) mass is 288 g/mol. The third-order valence-corrected chi connectivity index (χ3v) is 3.78. The highest BCUT2D eigenvalue weighted by atomic mass is 16.4. The molecule has 0 saturated carbocycles. The molecule has 3 N–H and O–H groups in total. The first-order chi connectivity index (χ1) is 9.99. The number of amides is 1. The Morgan fingerprint density at radius 1 is 1.38 bits per heavy atom. The van der Waals surface area contributed by atoms with Crippen LogP contribution in [-0.2, 0) is 9.59 Å². The summed E-state index contributed by atoms with van der Waals surface area (Å²) in [5.74, 6) is -1.26. The summed E-state index contributed by atoms with van der Waals surface area (Å²) in [6.45, 7) is 2.78. The molecule has 0 aliphatic carbocycles.